The molecule has 3 aromatic rings. The number of amides is 2. The normalized spacial score (nSPS) is 17.6. The lowest BCUT2D eigenvalue weighted by Crippen LogP contribution is -2.52. The van der Waals surface area contributed by atoms with Gasteiger partial charge in [-0.3, -0.25) is 14.3 Å². The van der Waals surface area contributed by atoms with E-state index in [4.69, 9.17) is 0 Å². The third-order valence-corrected chi connectivity index (χ3v) is 5.54. The van der Waals surface area contributed by atoms with E-state index >= 15 is 0 Å². The van der Waals surface area contributed by atoms with Crippen molar-refractivity contribution in [2.75, 3.05) is 13.1 Å². The monoisotopic (exact) mass is 369 g/mol. The van der Waals surface area contributed by atoms with Crippen molar-refractivity contribution in [1.82, 2.24) is 25.0 Å². The Labute approximate surface area is 154 Å². The van der Waals surface area contributed by atoms with Gasteiger partial charge in [0.2, 0.25) is 5.91 Å². The van der Waals surface area contributed by atoms with E-state index in [1.165, 1.54) is 11.3 Å². The molecule has 7 nitrogen and oxygen atoms in total. The second kappa shape index (κ2) is 6.21. The van der Waals surface area contributed by atoms with Crippen molar-refractivity contribution in [2.24, 2.45) is 7.05 Å². The van der Waals surface area contributed by atoms with Crippen LogP contribution in [-0.2, 0) is 11.8 Å². The molecule has 1 atom stereocenters. The van der Waals surface area contributed by atoms with E-state index in [-0.39, 0.29) is 11.8 Å². The Morgan fingerprint density at radius 2 is 2.19 bits per heavy atom. The van der Waals surface area contributed by atoms with E-state index in [0.717, 1.165) is 21.7 Å². The number of carbonyl (C=O) groups is 2. The molecule has 0 saturated carbocycles. The van der Waals surface area contributed by atoms with Gasteiger partial charge in [0.15, 0.2) is 5.65 Å². The number of aromatic nitrogens is 3. The van der Waals surface area contributed by atoms with Crippen molar-refractivity contribution in [3.63, 3.8) is 0 Å². The number of carbonyl (C=O) groups excluding carboxylic acids is 2. The molecule has 0 bridgehead atoms. The number of aryl methyl sites for hydroxylation is 3. The molecule has 2 amide bonds. The average Bonchev–Trinajstić information content (AvgIpc) is 3.22. The fraction of sp³-hybridized carbons (Fsp3) is 0.333. The average molecular weight is 369 g/mol. The Hall–Kier alpha value is -2.74. The van der Waals surface area contributed by atoms with Gasteiger partial charge in [-0.1, -0.05) is 6.07 Å². The molecular formula is C18H19N5O2S. The maximum atomic E-state index is 13.5. The van der Waals surface area contributed by atoms with Crippen LogP contribution in [0, 0.1) is 13.8 Å². The molecule has 1 aliphatic rings. The number of rotatable bonds is 2. The smallest absolute Gasteiger partial charge is 0.255 e. The van der Waals surface area contributed by atoms with Gasteiger partial charge in [-0.05, 0) is 31.4 Å². The summed E-state index contributed by atoms with van der Waals surface area (Å²) in [6.07, 6.45) is 0. The zero-order valence-electron chi connectivity index (χ0n) is 14.8. The molecule has 1 saturated heterocycles. The van der Waals surface area contributed by atoms with Crippen molar-refractivity contribution >= 4 is 34.2 Å². The Bertz CT molecular complexity index is 1010. The van der Waals surface area contributed by atoms with Crippen LogP contribution >= 0.6 is 11.3 Å². The molecule has 1 fully saturated rings. The second-order valence-electron chi connectivity index (χ2n) is 6.43. The number of nitrogens with one attached hydrogen (secondary N) is 1. The summed E-state index contributed by atoms with van der Waals surface area (Å²) in [5.74, 6) is -0.304. The number of nitrogens with zero attached hydrogens (tertiary/aromatic N) is 4. The number of hydrogen-bond acceptors (Lipinski definition) is 5. The Kier molecular flexibility index (Phi) is 3.99. The number of thiophene rings is 1. The molecule has 134 valence electrons. The maximum absolute atomic E-state index is 13.5. The Morgan fingerprint density at radius 1 is 1.38 bits per heavy atom. The van der Waals surface area contributed by atoms with E-state index in [1.807, 2.05) is 38.4 Å². The third kappa shape index (κ3) is 2.57. The molecule has 1 unspecified atom stereocenters. The molecule has 4 heterocycles. The topological polar surface area (TPSA) is 80.1 Å². The number of pyridine rings is 1. The van der Waals surface area contributed by atoms with Gasteiger partial charge in [0.1, 0.15) is 6.04 Å². The largest absolute Gasteiger partial charge is 0.352 e. The van der Waals surface area contributed by atoms with E-state index < -0.39 is 6.04 Å². The van der Waals surface area contributed by atoms with Crippen molar-refractivity contribution in [3.8, 4) is 0 Å². The molecule has 4 rings (SSSR count). The fourth-order valence-electron chi connectivity index (χ4n) is 3.51. The summed E-state index contributed by atoms with van der Waals surface area (Å²) in [4.78, 5) is 33.0. The summed E-state index contributed by atoms with van der Waals surface area (Å²) < 4.78 is 1.69. The first-order valence-electron chi connectivity index (χ1n) is 8.40. The predicted molar refractivity (Wildman–Crippen MR) is 99.1 cm³/mol. The van der Waals surface area contributed by atoms with Gasteiger partial charge in [-0.2, -0.15) is 5.10 Å². The van der Waals surface area contributed by atoms with Gasteiger partial charge in [-0.15, -0.1) is 11.3 Å². The summed E-state index contributed by atoms with van der Waals surface area (Å²) in [7, 11) is 1.82. The van der Waals surface area contributed by atoms with Crippen molar-refractivity contribution in [1.29, 1.82) is 0 Å². The lowest BCUT2D eigenvalue weighted by molar-refractivity contribution is -0.127. The second-order valence-corrected chi connectivity index (χ2v) is 7.41. The first-order valence-corrected chi connectivity index (χ1v) is 9.28. The zero-order chi connectivity index (χ0) is 18.4. The number of piperazine rings is 1. The molecule has 8 heteroatoms. The highest BCUT2D eigenvalue weighted by molar-refractivity contribution is 7.10. The molecule has 1 aliphatic heterocycles. The number of fused-ring (bicyclic) bond motifs is 1. The lowest BCUT2D eigenvalue weighted by Gasteiger charge is -2.34. The van der Waals surface area contributed by atoms with Crippen LogP contribution in [0.2, 0.25) is 0 Å². The highest BCUT2D eigenvalue weighted by Crippen LogP contribution is 2.30. The minimum absolute atomic E-state index is 0.142. The molecule has 26 heavy (non-hydrogen) atoms. The first kappa shape index (κ1) is 16.7. The van der Waals surface area contributed by atoms with Crippen LogP contribution in [0.3, 0.4) is 0 Å². The highest BCUT2D eigenvalue weighted by atomic mass is 32.1. The SMILES string of the molecule is Cc1cc(C(=O)N2CCNC(=O)C2c2cccs2)c2c(C)nn(C)c2n1. The van der Waals surface area contributed by atoms with Crippen LogP contribution in [0.4, 0.5) is 0 Å². The van der Waals surface area contributed by atoms with Gasteiger partial charge < -0.3 is 10.2 Å². The van der Waals surface area contributed by atoms with Crippen LogP contribution in [0.25, 0.3) is 11.0 Å². The predicted octanol–water partition coefficient (Wildman–Crippen LogP) is 1.96. The summed E-state index contributed by atoms with van der Waals surface area (Å²) in [5.41, 5.74) is 2.74. The first-order chi connectivity index (χ1) is 12.5. The summed E-state index contributed by atoms with van der Waals surface area (Å²) >= 11 is 1.48. The van der Waals surface area contributed by atoms with Crippen LogP contribution in [0.1, 0.15) is 32.7 Å². The van der Waals surface area contributed by atoms with Gasteiger partial charge in [0.25, 0.3) is 5.91 Å². The third-order valence-electron chi connectivity index (χ3n) is 4.61. The van der Waals surface area contributed by atoms with Gasteiger partial charge in [0.05, 0.1) is 16.6 Å². The Morgan fingerprint density at radius 3 is 2.92 bits per heavy atom. The molecule has 0 aliphatic carbocycles. The number of hydrogen-bond donors (Lipinski definition) is 1. The van der Waals surface area contributed by atoms with E-state index in [0.29, 0.717) is 24.3 Å². The van der Waals surface area contributed by atoms with Crippen molar-refractivity contribution in [2.45, 2.75) is 19.9 Å². The molecule has 1 N–H and O–H groups in total. The summed E-state index contributed by atoms with van der Waals surface area (Å²) in [5, 5.41) is 9.94. The van der Waals surface area contributed by atoms with Gasteiger partial charge in [-0.25, -0.2) is 4.98 Å². The van der Waals surface area contributed by atoms with Gasteiger partial charge in [0, 0.05) is 30.7 Å². The van der Waals surface area contributed by atoms with Crippen molar-refractivity contribution in [3.05, 3.63) is 45.4 Å². The highest BCUT2D eigenvalue weighted by Gasteiger charge is 2.36. The van der Waals surface area contributed by atoms with E-state index in [9.17, 15) is 9.59 Å². The fourth-order valence-corrected chi connectivity index (χ4v) is 4.34. The minimum atomic E-state index is -0.600. The quantitative estimate of drug-likeness (QED) is 0.749. The van der Waals surface area contributed by atoms with Crippen molar-refractivity contribution < 1.29 is 9.59 Å². The molecule has 3 aromatic heterocycles. The molecule has 0 spiro atoms. The molecular weight excluding hydrogens is 350 g/mol. The maximum Gasteiger partial charge on any atom is 0.255 e. The Balaban J connectivity index is 1.84. The summed E-state index contributed by atoms with van der Waals surface area (Å²) in [6, 6.07) is 4.97. The molecule has 0 radical (unpaired) electrons. The van der Waals surface area contributed by atoms with E-state index in [2.05, 4.69) is 15.4 Å². The van der Waals surface area contributed by atoms with Gasteiger partial charge >= 0.3 is 0 Å². The summed E-state index contributed by atoms with van der Waals surface area (Å²) in [6.45, 7) is 4.65. The van der Waals surface area contributed by atoms with Crippen LogP contribution < -0.4 is 5.32 Å². The molecule has 0 aromatic carbocycles. The standard InChI is InChI=1S/C18H19N5O2S/c1-10-9-12(14-11(2)21-22(3)16(14)20-10)18(25)23-7-6-19-17(24)15(23)13-5-4-8-26-13/h4-5,8-9,15H,6-7H2,1-3H3,(H,19,24). The van der Waals surface area contributed by atoms with Crippen LogP contribution in [0.5, 0.6) is 0 Å². The zero-order valence-corrected chi connectivity index (χ0v) is 15.6. The minimum Gasteiger partial charge on any atom is -0.352 e. The van der Waals surface area contributed by atoms with Crippen LogP contribution in [0.15, 0.2) is 23.6 Å². The van der Waals surface area contributed by atoms with E-state index in [1.54, 1.807) is 15.6 Å². The lowest BCUT2D eigenvalue weighted by atomic mass is 10.0. The van der Waals surface area contributed by atoms with Crippen LogP contribution in [-0.4, -0.2) is 44.6 Å².